The number of aromatic nitrogens is 1. The maximum Gasteiger partial charge on any atom is 0.341 e. The molecule has 3 rings (SSSR count). The Morgan fingerprint density at radius 3 is 2.52 bits per heavy atom. The molecule has 116 valence electrons. The summed E-state index contributed by atoms with van der Waals surface area (Å²) in [4.78, 5) is 14.9. The molecular weight excluding hydrogens is 294 g/mol. The van der Waals surface area contributed by atoms with Crippen LogP contribution in [0.15, 0.2) is 54.6 Å². The molecule has 5 nitrogen and oxygen atoms in total. The Kier molecular flexibility index (Phi) is 4.10. The Hall–Kier alpha value is -3.08. The maximum absolute atomic E-state index is 10.5. The number of aryl methyl sites for hydroxylation is 1. The fraction of sp³-hybridized carbons (Fsp3) is 0.111. The second-order valence-corrected chi connectivity index (χ2v) is 5.05. The standard InChI is InChI=1S/C18H15NO4/c1-12-10-13-4-2-3-5-16(13)18(19-12)23-15-8-6-14(7-9-15)22-11-17(20)21/h2-10H,11H2,1H3,(H,20,21). The zero-order valence-corrected chi connectivity index (χ0v) is 12.5. The molecule has 2 aromatic carbocycles. The van der Waals surface area contributed by atoms with Gasteiger partial charge in [-0.1, -0.05) is 18.2 Å². The van der Waals surface area contributed by atoms with E-state index < -0.39 is 5.97 Å². The van der Waals surface area contributed by atoms with Crippen molar-refractivity contribution in [1.29, 1.82) is 0 Å². The number of nitrogens with zero attached hydrogens (tertiary/aromatic N) is 1. The van der Waals surface area contributed by atoms with Gasteiger partial charge in [-0.15, -0.1) is 0 Å². The van der Waals surface area contributed by atoms with Crippen molar-refractivity contribution in [2.45, 2.75) is 6.92 Å². The van der Waals surface area contributed by atoms with Crippen LogP contribution in [0.5, 0.6) is 17.4 Å². The second-order valence-electron chi connectivity index (χ2n) is 5.05. The number of pyridine rings is 1. The fourth-order valence-electron chi connectivity index (χ4n) is 2.23. The molecule has 0 fully saturated rings. The predicted molar refractivity (Wildman–Crippen MR) is 86.1 cm³/mol. The van der Waals surface area contributed by atoms with Gasteiger partial charge in [0.25, 0.3) is 0 Å². The predicted octanol–water partition coefficient (Wildman–Crippen LogP) is 3.80. The summed E-state index contributed by atoms with van der Waals surface area (Å²) in [6.07, 6.45) is 0. The van der Waals surface area contributed by atoms with Crippen LogP contribution in [0, 0.1) is 6.92 Å². The molecule has 0 spiro atoms. The van der Waals surface area contributed by atoms with Gasteiger partial charge >= 0.3 is 5.97 Å². The van der Waals surface area contributed by atoms with Gasteiger partial charge in [-0.25, -0.2) is 9.78 Å². The van der Waals surface area contributed by atoms with Crippen LogP contribution in [0.25, 0.3) is 10.8 Å². The monoisotopic (exact) mass is 309 g/mol. The number of carboxylic acids is 1. The van der Waals surface area contributed by atoms with E-state index in [2.05, 4.69) is 4.98 Å². The van der Waals surface area contributed by atoms with Gasteiger partial charge in [-0.2, -0.15) is 0 Å². The van der Waals surface area contributed by atoms with Crippen LogP contribution in [-0.2, 0) is 4.79 Å². The number of aliphatic carboxylic acids is 1. The summed E-state index contributed by atoms with van der Waals surface area (Å²) in [5.74, 6) is 0.610. The topological polar surface area (TPSA) is 68.7 Å². The number of fused-ring (bicyclic) bond motifs is 1. The molecule has 1 N–H and O–H groups in total. The first kappa shape index (κ1) is 14.8. The number of rotatable bonds is 5. The van der Waals surface area contributed by atoms with E-state index in [1.165, 1.54) is 0 Å². The first-order valence-electron chi connectivity index (χ1n) is 7.11. The van der Waals surface area contributed by atoms with Crippen LogP contribution < -0.4 is 9.47 Å². The molecule has 3 aromatic rings. The van der Waals surface area contributed by atoms with Gasteiger partial charge in [-0.05, 0) is 48.7 Å². The van der Waals surface area contributed by atoms with Crippen LogP contribution in [0.1, 0.15) is 5.69 Å². The summed E-state index contributed by atoms with van der Waals surface area (Å²) in [5, 5.41) is 10.6. The summed E-state index contributed by atoms with van der Waals surface area (Å²) >= 11 is 0. The molecule has 0 aliphatic carbocycles. The Bertz CT molecular complexity index is 843. The van der Waals surface area contributed by atoms with Crippen molar-refractivity contribution >= 4 is 16.7 Å². The molecule has 5 heteroatoms. The molecule has 0 aliphatic rings. The zero-order valence-electron chi connectivity index (χ0n) is 12.5. The van der Waals surface area contributed by atoms with Gasteiger partial charge in [0.05, 0.1) is 0 Å². The van der Waals surface area contributed by atoms with Crippen LogP contribution in [0.4, 0.5) is 0 Å². The van der Waals surface area contributed by atoms with Gasteiger partial charge in [0.1, 0.15) is 11.5 Å². The van der Waals surface area contributed by atoms with E-state index in [9.17, 15) is 4.79 Å². The van der Waals surface area contributed by atoms with E-state index in [1.54, 1.807) is 24.3 Å². The van der Waals surface area contributed by atoms with Crippen molar-refractivity contribution in [3.8, 4) is 17.4 Å². The summed E-state index contributed by atoms with van der Waals surface area (Å²) in [7, 11) is 0. The Morgan fingerprint density at radius 2 is 1.78 bits per heavy atom. The highest BCUT2D eigenvalue weighted by atomic mass is 16.5. The molecule has 0 bridgehead atoms. The van der Waals surface area contributed by atoms with Crippen molar-refractivity contribution in [2.24, 2.45) is 0 Å². The molecule has 1 aromatic heterocycles. The number of carbonyl (C=O) groups is 1. The van der Waals surface area contributed by atoms with Crippen molar-refractivity contribution in [1.82, 2.24) is 4.98 Å². The van der Waals surface area contributed by atoms with Gasteiger partial charge < -0.3 is 14.6 Å². The van der Waals surface area contributed by atoms with Crippen molar-refractivity contribution < 1.29 is 19.4 Å². The van der Waals surface area contributed by atoms with E-state index in [0.717, 1.165) is 16.5 Å². The number of benzene rings is 2. The molecule has 0 radical (unpaired) electrons. The molecular formula is C18H15NO4. The Balaban J connectivity index is 1.83. The number of ether oxygens (including phenoxy) is 2. The molecule has 0 aliphatic heterocycles. The summed E-state index contributed by atoms with van der Waals surface area (Å²) in [6.45, 7) is 1.55. The fourth-order valence-corrected chi connectivity index (χ4v) is 2.23. The first-order valence-corrected chi connectivity index (χ1v) is 7.11. The van der Waals surface area contributed by atoms with Crippen molar-refractivity contribution in [2.75, 3.05) is 6.61 Å². The van der Waals surface area contributed by atoms with Crippen LogP contribution >= 0.6 is 0 Å². The van der Waals surface area contributed by atoms with E-state index in [1.807, 2.05) is 37.3 Å². The van der Waals surface area contributed by atoms with Crippen molar-refractivity contribution in [3.63, 3.8) is 0 Å². The number of hydrogen-bond acceptors (Lipinski definition) is 4. The molecule has 0 atom stereocenters. The van der Waals surface area contributed by atoms with E-state index in [4.69, 9.17) is 14.6 Å². The molecule has 23 heavy (non-hydrogen) atoms. The molecule has 0 saturated carbocycles. The molecule has 0 saturated heterocycles. The highest BCUT2D eigenvalue weighted by Gasteiger charge is 2.07. The lowest BCUT2D eigenvalue weighted by Gasteiger charge is -2.10. The second kappa shape index (κ2) is 6.36. The third-order valence-electron chi connectivity index (χ3n) is 3.23. The third kappa shape index (κ3) is 3.58. The Morgan fingerprint density at radius 1 is 1.09 bits per heavy atom. The van der Waals surface area contributed by atoms with E-state index >= 15 is 0 Å². The van der Waals surface area contributed by atoms with Gasteiger partial charge in [-0.3, -0.25) is 0 Å². The van der Waals surface area contributed by atoms with Crippen LogP contribution in [0.2, 0.25) is 0 Å². The number of carboxylic acid groups (broad SMARTS) is 1. The lowest BCUT2D eigenvalue weighted by Crippen LogP contribution is -2.09. The maximum atomic E-state index is 10.5. The average Bonchev–Trinajstić information content (AvgIpc) is 2.54. The quantitative estimate of drug-likeness (QED) is 0.776. The zero-order chi connectivity index (χ0) is 16.2. The highest BCUT2D eigenvalue weighted by Crippen LogP contribution is 2.29. The minimum absolute atomic E-state index is 0.371. The average molecular weight is 309 g/mol. The molecule has 0 unspecified atom stereocenters. The smallest absolute Gasteiger partial charge is 0.341 e. The lowest BCUT2D eigenvalue weighted by molar-refractivity contribution is -0.139. The minimum atomic E-state index is -1.01. The van der Waals surface area contributed by atoms with E-state index in [-0.39, 0.29) is 6.61 Å². The molecule has 1 heterocycles. The highest BCUT2D eigenvalue weighted by molar-refractivity contribution is 5.87. The first-order chi connectivity index (χ1) is 11.1. The van der Waals surface area contributed by atoms with Gasteiger partial charge in [0.2, 0.25) is 5.88 Å². The van der Waals surface area contributed by atoms with E-state index in [0.29, 0.717) is 17.4 Å². The summed E-state index contributed by atoms with van der Waals surface area (Å²) in [5.41, 5.74) is 0.875. The molecule has 0 amide bonds. The lowest BCUT2D eigenvalue weighted by atomic mass is 10.1. The third-order valence-corrected chi connectivity index (χ3v) is 3.23. The Labute approximate surface area is 133 Å². The van der Waals surface area contributed by atoms with Crippen LogP contribution in [-0.4, -0.2) is 22.7 Å². The van der Waals surface area contributed by atoms with Crippen molar-refractivity contribution in [3.05, 3.63) is 60.3 Å². The minimum Gasteiger partial charge on any atom is -0.482 e. The normalized spacial score (nSPS) is 10.5. The van der Waals surface area contributed by atoms with Crippen LogP contribution in [0.3, 0.4) is 0 Å². The number of hydrogen-bond donors (Lipinski definition) is 1. The summed E-state index contributed by atoms with van der Waals surface area (Å²) < 4.78 is 11.0. The van der Waals surface area contributed by atoms with Gasteiger partial charge in [0.15, 0.2) is 6.61 Å². The summed E-state index contributed by atoms with van der Waals surface area (Å²) in [6, 6.07) is 16.7. The van der Waals surface area contributed by atoms with Gasteiger partial charge in [0, 0.05) is 11.1 Å². The largest absolute Gasteiger partial charge is 0.482 e. The SMILES string of the molecule is Cc1cc2ccccc2c(Oc2ccc(OCC(=O)O)cc2)n1.